The topological polar surface area (TPSA) is 115 Å². The van der Waals surface area contributed by atoms with Crippen molar-refractivity contribution in [3.8, 4) is 0 Å². The molecule has 2 aliphatic heterocycles. The maximum absolute atomic E-state index is 15.1. The maximum atomic E-state index is 15.1. The van der Waals surface area contributed by atoms with Crippen molar-refractivity contribution < 1.29 is 27.3 Å². The lowest BCUT2D eigenvalue weighted by Gasteiger charge is -2.33. The number of fused-ring (bicyclic) bond motifs is 1. The van der Waals surface area contributed by atoms with Crippen molar-refractivity contribution in [1.29, 1.82) is 0 Å². The number of hydrogen-bond donors (Lipinski definition) is 1. The quantitative estimate of drug-likeness (QED) is 0.618. The Hall–Kier alpha value is -1.03. The lowest BCUT2D eigenvalue weighted by molar-refractivity contribution is -0.0748. The molecule has 3 rings (SSSR count). The molecule has 0 aliphatic carbocycles. The summed E-state index contributed by atoms with van der Waals surface area (Å²) in [5.41, 5.74) is 4.56. The van der Waals surface area contributed by atoms with Crippen LogP contribution < -0.4 is 11.4 Å². The summed E-state index contributed by atoms with van der Waals surface area (Å²) in [5, 5.41) is -2.69. The smallest absolute Gasteiger partial charge is 0.383 e. The largest absolute Gasteiger partial charge is 0.475 e. The van der Waals surface area contributed by atoms with Crippen LogP contribution in [-0.4, -0.2) is 39.6 Å². The van der Waals surface area contributed by atoms with Crippen LogP contribution in [0.4, 0.5) is 10.2 Å². The fourth-order valence-corrected chi connectivity index (χ4v) is 4.47. The number of nitrogen functional groups attached to an aromatic ring is 1. The molecule has 24 heavy (non-hydrogen) atoms. The number of phosphoric ester groups is 1. The summed E-state index contributed by atoms with van der Waals surface area (Å²) in [6.07, 6.45) is -3.25. The van der Waals surface area contributed by atoms with E-state index in [1.54, 1.807) is 13.8 Å². The van der Waals surface area contributed by atoms with Crippen molar-refractivity contribution in [1.82, 2.24) is 9.55 Å². The molecule has 9 nitrogen and oxygen atoms in total. The molecule has 0 radical (unpaired) electrons. The Bertz CT molecular complexity index is 744. The van der Waals surface area contributed by atoms with Gasteiger partial charge in [-0.25, -0.2) is 13.8 Å². The van der Waals surface area contributed by atoms with Crippen molar-refractivity contribution in [2.75, 3.05) is 12.3 Å². The fraction of sp³-hybridized carbons (Fsp3) is 0.667. The van der Waals surface area contributed by atoms with Crippen LogP contribution in [0.2, 0.25) is 0 Å². The number of alkyl halides is 2. The molecule has 0 aromatic carbocycles. The zero-order valence-corrected chi connectivity index (χ0v) is 14.4. The van der Waals surface area contributed by atoms with Crippen LogP contribution in [0.5, 0.6) is 0 Å². The number of hydrogen-bond acceptors (Lipinski definition) is 8. The van der Waals surface area contributed by atoms with Crippen molar-refractivity contribution in [2.24, 2.45) is 0 Å². The molecular formula is C12H16ClFN3O6P. The number of anilines is 1. The summed E-state index contributed by atoms with van der Waals surface area (Å²) in [6, 6.07) is 1.30. The van der Waals surface area contributed by atoms with Crippen LogP contribution in [0.1, 0.15) is 20.1 Å². The van der Waals surface area contributed by atoms with E-state index in [-0.39, 0.29) is 12.4 Å². The predicted molar refractivity (Wildman–Crippen MR) is 81.2 cm³/mol. The van der Waals surface area contributed by atoms with E-state index in [1.807, 2.05) is 0 Å². The number of halogens is 2. The molecule has 12 heteroatoms. The average Bonchev–Trinajstić information content (AvgIpc) is 2.69. The molecule has 0 saturated carbocycles. The lowest BCUT2D eigenvalue weighted by atomic mass is 10.1. The minimum atomic E-state index is -3.98. The predicted octanol–water partition coefficient (Wildman–Crippen LogP) is 1.58. The van der Waals surface area contributed by atoms with Gasteiger partial charge >= 0.3 is 13.5 Å². The first-order valence-electron chi connectivity index (χ1n) is 7.12. The second-order valence-corrected chi connectivity index (χ2v) is 7.82. The third kappa shape index (κ3) is 3.10. The van der Waals surface area contributed by atoms with Crippen molar-refractivity contribution in [3.63, 3.8) is 0 Å². The van der Waals surface area contributed by atoms with Crippen molar-refractivity contribution >= 4 is 25.2 Å². The van der Waals surface area contributed by atoms with E-state index >= 15 is 4.39 Å². The highest BCUT2D eigenvalue weighted by atomic mass is 35.5. The van der Waals surface area contributed by atoms with Crippen LogP contribution in [0, 0.1) is 0 Å². The number of ether oxygens (including phenoxy) is 1. The molecular weight excluding hydrogens is 368 g/mol. The Morgan fingerprint density at radius 2 is 2.33 bits per heavy atom. The third-order valence-electron chi connectivity index (χ3n) is 3.43. The molecule has 0 amide bonds. The summed E-state index contributed by atoms with van der Waals surface area (Å²) >= 11 is 5.95. The van der Waals surface area contributed by atoms with E-state index in [9.17, 15) is 9.36 Å². The minimum absolute atomic E-state index is 0.0277. The number of aromatic nitrogens is 2. The van der Waals surface area contributed by atoms with E-state index in [0.29, 0.717) is 0 Å². The Morgan fingerprint density at radius 1 is 1.62 bits per heavy atom. The Kier molecular flexibility index (Phi) is 4.48. The van der Waals surface area contributed by atoms with Gasteiger partial charge in [0.2, 0.25) is 0 Å². The zero-order valence-electron chi connectivity index (χ0n) is 12.8. The van der Waals surface area contributed by atoms with Gasteiger partial charge in [0.1, 0.15) is 11.9 Å². The second kappa shape index (κ2) is 6.05. The average molecular weight is 384 g/mol. The first kappa shape index (κ1) is 17.8. The van der Waals surface area contributed by atoms with Crippen LogP contribution in [0.25, 0.3) is 0 Å². The molecule has 2 fully saturated rings. The fourth-order valence-electron chi connectivity index (χ4n) is 2.48. The normalized spacial score (nSPS) is 39.1. The van der Waals surface area contributed by atoms with E-state index in [2.05, 4.69) is 4.98 Å². The van der Waals surface area contributed by atoms with Gasteiger partial charge in [0.15, 0.2) is 12.3 Å². The molecule has 1 aromatic rings. The molecule has 0 bridgehead atoms. The third-order valence-corrected chi connectivity index (χ3v) is 5.47. The molecule has 134 valence electrons. The van der Waals surface area contributed by atoms with E-state index in [1.165, 1.54) is 12.3 Å². The van der Waals surface area contributed by atoms with Crippen LogP contribution in [0.3, 0.4) is 0 Å². The Labute approximate surface area is 141 Å². The number of nitrogens with two attached hydrogens (primary N) is 1. The van der Waals surface area contributed by atoms with Crippen molar-refractivity contribution in [2.45, 2.75) is 43.5 Å². The highest BCUT2D eigenvalue weighted by Gasteiger charge is 2.63. The van der Waals surface area contributed by atoms with Gasteiger partial charge in [0.25, 0.3) is 5.13 Å². The Morgan fingerprint density at radius 3 is 2.96 bits per heavy atom. The van der Waals surface area contributed by atoms with Gasteiger partial charge in [0.05, 0.1) is 12.7 Å². The van der Waals surface area contributed by atoms with E-state index in [0.717, 1.165) is 4.57 Å². The van der Waals surface area contributed by atoms with Gasteiger partial charge in [0, 0.05) is 6.20 Å². The number of nitrogens with zero attached hydrogens (tertiary/aromatic N) is 2. The zero-order chi connectivity index (χ0) is 17.7. The molecule has 5 atom stereocenters. The highest BCUT2D eigenvalue weighted by Crippen LogP contribution is 2.60. The number of phosphoric acid groups is 1. The SMILES string of the molecule is CC(C)OP1(=O)OC[C@H]2O[C@@H](n3ccc(N)nc3=O)[C@@](F)(Cl)[C@@H]2O1. The molecule has 2 N–H and O–H groups in total. The summed E-state index contributed by atoms with van der Waals surface area (Å²) in [6.45, 7) is 2.98. The van der Waals surface area contributed by atoms with Gasteiger partial charge in [-0.15, -0.1) is 0 Å². The summed E-state index contributed by atoms with van der Waals surface area (Å²) < 4.78 is 49.1. The second-order valence-electron chi connectivity index (χ2n) is 5.67. The van der Waals surface area contributed by atoms with Gasteiger partial charge in [-0.3, -0.25) is 18.1 Å². The maximum Gasteiger partial charge on any atom is 0.475 e. The van der Waals surface area contributed by atoms with Crippen LogP contribution >= 0.6 is 19.4 Å². The monoisotopic (exact) mass is 383 g/mol. The molecule has 2 aliphatic rings. The Balaban J connectivity index is 1.90. The lowest BCUT2D eigenvalue weighted by Crippen LogP contribution is -2.44. The standard InChI is InChI=1S/C12H16ClFN3O6P/c1-6(2)22-24(19)20-5-7-9(23-24)12(13,14)10(21-7)17-4-3-8(15)16-11(17)18/h3-4,6-7,9-10H,5H2,1-2H3,(H2,15,16,18)/t7-,9-,10-,12-,24?/m1/s1. The van der Waals surface area contributed by atoms with Gasteiger partial charge in [-0.05, 0) is 19.9 Å². The summed E-state index contributed by atoms with van der Waals surface area (Å²) in [7, 11) is -3.98. The first-order valence-corrected chi connectivity index (χ1v) is 8.95. The van der Waals surface area contributed by atoms with E-state index < -0.39 is 43.2 Å². The minimum Gasteiger partial charge on any atom is -0.383 e. The first-order chi connectivity index (χ1) is 11.1. The molecule has 0 spiro atoms. The van der Waals surface area contributed by atoms with Gasteiger partial charge in [-0.1, -0.05) is 11.6 Å². The van der Waals surface area contributed by atoms with E-state index in [4.69, 9.17) is 35.6 Å². The summed E-state index contributed by atoms with van der Waals surface area (Å²) in [4.78, 5) is 15.4. The van der Waals surface area contributed by atoms with Gasteiger partial charge < -0.3 is 10.5 Å². The van der Waals surface area contributed by atoms with Crippen LogP contribution in [-0.2, 0) is 22.9 Å². The van der Waals surface area contributed by atoms with Crippen LogP contribution in [0.15, 0.2) is 17.1 Å². The molecule has 2 saturated heterocycles. The molecule has 1 aromatic heterocycles. The summed E-state index contributed by atoms with van der Waals surface area (Å²) in [5.74, 6) is -0.0277. The molecule has 3 heterocycles. The molecule has 1 unspecified atom stereocenters. The van der Waals surface area contributed by atoms with Gasteiger partial charge in [-0.2, -0.15) is 4.98 Å². The van der Waals surface area contributed by atoms with Crippen molar-refractivity contribution in [3.05, 3.63) is 22.7 Å². The highest BCUT2D eigenvalue weighted by molar-refractivity contribution is 7.48. The number of rotatable bonds is 3.